The number of ether oxygens (including phenoxy) is 2. The van der Waals surface area contributed by atoms with Crippen molar-refractivity contribution in [1.29, 1.82) is 0 Å². The van der Waals surface area contributed by atoms with Crippen molar-refractivity contribution in [2.75, 3.05) is 26.3 Å². The van der Waals surface area contributed by atoms with Gasteiger partial charge in [-0.1, -0.05) is 6.07 Å². The van der Waals surface area contributed by atoms with Gasteiger partial charge in [-0.2, -0.15) is 0 Å². The molecule has 2 aliphatic heterocycles. The van der Waals surface area contributed by atoms with Crippen molar-refractivity contribution in [3.05, 3.63) is 28.8 Å². The molecule has 0 radical (unpaired) electrons. The molecule has 1 saturated heterocycles. The van der Waals surface area contributed by atoms with E-state index in [9.17, 15) is 9.59 Å². The molecular formula is C16H19NO5. The lowest BCUT2D eigenvalue weighted by Crippen LogP contribution is -2.50. The molecule has 0 aliphatic carbocycles. The molecule has 0 bridgehead atoms. The van der Waals surface area contributed by atoms with Gasteiger partial charge in [0.1, 0.15) is 18.3 Å². The van der Waals surface area contributed by atoms with Crippen LogP contribution in [-0.4, -0.2) is 54.3 Å². The van der Waals surface area contributed by atoms with Gasteiger partial charge >= 0.3 is 5.97 Å². The van der Waals surface area contributed by atoms with E-state index in [1.165, 1.54) is 0 Å². The van der Waals surface area contributed by atoms with Crippen LogP contribution in [0.4, 0.5) is 0 Å². The van der Waals surface area contributed by atoms with Crippen LogP contribution in [0.2, 0.25) is 0 Å². The Kier molecular flexibility index (Phi) is 3.78. The summed E-state index contributed by atoms with van der Waals surface area (Å²) in [5, 5.41) is 9.04. The first-order valence-electron chi connectivity index (χ1n) is 7.34. The van der Waals surface area contributed by atoms with Gasteiger partial charge in [0, 0.05) is 12.1 Å². The van der Waals surface area contributed by atoms with Crippen LogP contribution in [0, 0.1) is 13.8 Å². The molecule has 6 heteroatoms. The SMILES string of the molecule is Cc1cc2c(cc1C)C(C(=O)N1CCOC(C(=O)O)C1)CO2. The second-order valence-corrected chi connectivity index (χ2v) is 5.82. The summed E-state index contributed by atoms with van der Waals surface area (Å²) in [6.07, 6.45) is -0.945. The van der Waals surface area contributed by atoms with E-state index in [0.717, 1.165) is 22.4 Å². The Bertz CT molecular complexity index is 627. The lowest BCUT2D eigenvalue weighted by Gasteiger charge is -2.32. The molecule has 0 saturated carbocycles. The molecule has 118 valence electrons. The Morgan fingerprint density at radius 2 is 2.00 bits per heavy atom. The van der Waals surface area contributed by atoms with Crippen molar-refractivity contribution in [2.45, 2.75) is 25.9 Å². The first-order chi connectivity index (χ1) is 10.5. The lowest BCUT2D eigenvalue weighted by molar-refractivity contribution is -0.159. The maximum absolute atomic E-state index is 12.7. The number of rotatable bonds is 2. The molecule has 1 fully saturated rings. The van der Waals surface area contributed by atoms with Gasteiger partial charge in [0.25, 0.3) is 0 Å². The number of hydrogen-bond donors (Lipinski definition) is 1. The Morgan fingerprint density at radius 1 is 1.27 bits per heavy atom. The lowest BCUT2D eigenvalue weighted by atomic mass is 9.95. The van der Waals surface area contributed by atoms with Gasteiger partial charge < -0.3 is 19.5 Å². The fourth-order valence-corrected chi connectivity index (χ4v) is 2.90. The van der Waals surface area contributed by atoms with E-state index < -0.39 is 12.1 Å². The second kappa shape index (κ2) is 5.61. The molecule has 1 aromatic rings. The van der Waals surface area contributed by atoms with Crippen LogP contribution in [0.1, 0.15) is 22.6 Å². The molecule has 2 aliphatic rings. The molecule has 3 rings (SSSR count). The van der Waals surface area contributed by atoms with Gasteiger partial charge in [0.15, 0.2) is 6.10 Å². The van der Waals surface area contributed by atoms with Crippen LogP contribution < -0.4 is 4.74 Å². The Hall–Kier alpha value is -2.08. The van der Waals surface area contributed by atoms with Crippen LogP contribution >= 0.6 is 0 Å². The summed E-state index contributed by atoms with van der Waals surface area (Å²) in [6.45, 7) is 5.07. The van der Waals surface area contributed by atoms with Gasteiger partial charge in [-0.15, -0.1) is 0 Å². The summed E-state index contributed by atoms with van der Waals surface area (Å²) in [6, 6.07) is 3.95. The summed E-state index contributed by atoms with van der Waals surface area (Å²) in [4.78, 5) is 25.3. The van der Waals surface area contributed by atoms with E-state index in [2.05, 4.69) is 0 Å². The third kappa shape index (κ3) is 2.54. The number of morpholine rings is 1. The Labute approximate surface area is 128 Å². The molecule has 0 aromatic heterocycles. The van der Waals surface area contributed by atoms with E-state index in [0.29, 0.717) is 13.2 Å². The number of nitrogens with zero attached hydrogens (tertiary/aromatic N) is 1. The fourth-order valence-electron chi connectivity index (χ4n) is 2.90. The number of benzene rings is 1. The minimum atomic E-state index is -1.04. The van der Waals surface area contributed by atoms with E-state index in [1.54, 1.807) is 4.90 Å². The smallest absolute Gasteiger partial charge is 0.334 e. The summed E-state index contributed by atoms with van der Waals surface area (Å²) in [5.41, 5.74) is 3.14. The third-order valence-electron chi connectivity index (χ3n) is 4.36. The highest BCUT2D eigenvalue weighted by atomic mass is 16.5. The van der Waals surface area contributed by atoms with Crippen LogP contribution in [0.5, 0.6) is 5.75 Å². The van der Waals surface area contributed by atoms with Gasteiger partial charge in [-0.25, -0.2) is 4.79 Å². The quantitative estimate of drug-likeness (QED) is 0.885. The van der Waals surface area contributed by atoms with Crippen molar-refractivity contribution in [1.82, 2.24) is 4.90 Å². The molecule has 1 N–H and O–H groups in total. The van der Waals surface area contributed by atoms with Crippen molar-refractivity contribution in [3.63, 3.8) is 0 Å². The van der Waals surface area contributed by atoms with Gasteiger partial charge in [-0.05, 0) is 31.0 Å². The van der Waals surface area contributed by atoms with E-state index in [1.807, 2.05) is 26.0 Å². The standard InChI is InChI=1S/C16H19NO5/c1-9-5-11-12(8-22-13(11)6-10(9)2)15(18)17-3-4-21-14(7-17)16(19)20/h5-6,12,14H,3-4,7-8H2,1-2H3,(H,19,20). The highest BCUT2D eigenvalue weighted by molar-refractivity contribution is 5.86. The molecule has 0 spiro atoms. The van der Waals surface area contributed by atoms with Crippen molar-refractivity contribution < 1.29 is 24.2 Å². The summed E-state index contributed by atoms with van der Waals surface area (Å²) < 4.78 is 10.8. The average Bonchev–Trinajstić information content (AvgIpc) is 2.90. The summed E-state index contributed by atoms with van der Waals surface area (Å²) in [5.74, 6) is -0.727. The minimum absolute atomic E-state index is 0.0865. The number of hydrogen-bond acceptors (Lipinski definition) is 4. The molecular weight excluding hydrogens is 286 g/mol. The first kappa shape index (κ1) is 14.8. The largest absolute Gasteiger partial charge is 0.492 e. The molecule has 22 heavy (non-hydrogen) atoms. The highest BCUT2D eigenvalue weighted by Crippen LogP contribution is 2.37. The van der Waals surface area contributed by atoms with Gasteiger partial charge in [0.2, 0.25) is 5.91 Å². The average molecular weight is 305 g/mol. The Balaban J connectivity index is 1.80. The second-order valence-electron chi connectivity index (χ2n) is 5.82. The highest BCUT2D eigenvalue weighted by Gasteiger charge is 2.37. The maximum Gasteiger partial charge on any atom is 0.334 e. The van der Waals surface area contributed by atoms with Crippen LogP contribution in [-0.2, 0) is 14.3 Å². The van der Waals surface area contributed by atoms with Crippen LogP contribution in [0.25, 0.3) is 0 Å². The predicted molar refractivity (Wildman–Crippen MR) is 78.1 cm³/mol. The number of fused-ring (bicyclic) bond motifs is 1. The molecule has 2 atom stereocenters. The monoisotopic (exact) mass is 305 g/mol. The zero-order valence-corrected chi connectivity index (χ0v) is 12.7. The molecule has 1 aromatic carbocycles. The van der Waals surface area contributed by atoms with E-state index in [-0.39, 0.29) is 25.0 Å². The topological polar surface area (TPSA) is 76.1 Å². The number of carboxylic acids is 1. The van der Waals surface area contributed by atoms with Crippen LogP contribution in [0.15, 0.2) is 12.1 Å². The Morgan fingerprint density at radius 3 is 2.73 bits per heavy atom. The maximum atomic E-state index is 12.7. The molecule has 2 heterocycles. The van der Waals surface area contributed by atoms with Gasteiger partial charge in [-0.3, -0.25) is 4.79 Å². The minimum Gasteiger partial charge on any atom is -0.492 e. The summed E-state index contributed by atoms with van der Waals surface area (Å²) >= 11 is 0. The fraction of sp³-hybridized carbons (Fsp3) is 0.500. The van der Waals surface area contributed by atoms with Crippen molar-refractivity contribution in [3.8, 4) is 5.75 Å². The molecule has 1 amide bonds. The number of aryl methyl sites for hydroxylation is 2. The zero-order chi connectivity index (χ0) is 15.9. The van der Waals surface area contributed by atoms with Crippen molar-refractivity contribution >= 4 is 11.9 Å². The molecule has 2 unspecified atom stereocenters. The predicted octanol–water partition coefficient (Wildman–Crippen LogP) is 1.09. The number of amides is 1. The van der Waals surface area contributed by atoms with Crippen molar-refractivity contribution in [2.24, 2.45) is 0 Å². The summed E-state index contributed by atoms with van der Waals surface area (Å²) in [7, 11) is 0. The van der Waals surface area contributed by atoms with E-state index in [4.69, 9.17) is 14.6 Å². The normalized spacial score (nSPS) is 23.8. The molecule has 6 nitrogen and oxygen atoms in total. The number of aliphatic carboxylic acids is 1. The number of carbonyl (C=O) groups excluding carboxylic acids is 1. The number of carboxylic acid groups (broad SMARTS) is 1. The third-order valence-corrected chi connectivity index (χ3v) is 4.36. The number of carbonyl (C=O) groups is 2. The van der Waals surface area contributed by atoms with Gasteiger partial charge in [0.05, 0.1) is 13.2 Å². The van der Waals surface area contributed by atoms with E-state index >= 15 is 0 Å². The zero-order valence-electron chi connectivity index (χ0n) is 12.7. The first-order valence-corrected chi connectivity index (χ1v) is 7.34. The van der Waals surface area contributed by atoms with Crippen LogP contribution in [0.3, 0.4) is 0 Å².